The van der Waals surface area contributed by atoms with Crippen molar-refractivity contribution < 1.29 is 14.3 Å². The van der Waals surface area contributed by atoms with E-state index in [1.54, 1.807) is 49.6 Å². The van der Waals surface area contributed by atoms with E-state index in [0.717, 1.165) is 5.56 Å². The summed E-state index contributed by atoms with van der Waals surface area (Å²) in [6.45, 7) is 2.66. The Morgan fingerprint density at radius 1 is 1.14 bits per heavy atom. The second-order valence-electron chi connectivity index (χ2n) is 5.94. The number of amides is 2. The van der Waals surface area contributed by atoms with Gasteiger partial charge in [0.15, 0.2) is 0 Å². The summed E-state index contributed by atoms with van der Waals surface area (Å²) in [4.78, 5) is 31.8. The standard InChI is InChI=1S/C21H21N3O3S/c1-3-27-20-15(8-6-12-22-20)14-23-19(25)16-9-4-5-10-17(16)24(2)21(26)18-11-7-13-28-18/h4-13H,3,14H2,1-2H3,(H,23,25). The van der Waals surface area contributed by atoms with Gasteiger partial charge in [0.2, 0.25) is 5.88 Å². The molecule has 0 aliphatic carbocycles. The summed E-state index contributed by atoms with van der Waals surface area (Å²) in [5, 5.41) is 4.74. The highest BCUT2D eigenvalue weighted by Crippen LogP contribution is 2.23. The Labute approximate surface area is 167 Å². The van der Waals surface area contributed by atoms with Crippen LogP contribution < -0.4 is 15.0 Å². The fourth-order valence-electron chi connectivity index (χ4n) is 2.73. The van der Waals surface area contributed by atoms with E-state index in [4.69, 9.17) is 4.74 Å². The lowest BCUT2D eigenvalue weighted by Gasteiger charge is -2.20. The summed E-state index contributed by atoms with van der Waals surface area (Å²) in [5.74, 6) is 0.0810. The van der Waals surface area contributed by atoms with Gasteiger partial charge < -0.3 is 15.0 Å². The van der Waals surface area contributed by atoms with Gasteiger partial charge in [0, 0.05) is 25.4 Å². The van der Waals surface area contributed by atoms with Crippen molar-refractivity contribution in [2.24, 2.45) is 0 Å². The first-order chi connectivity index (χ1) is 13.6. The normalized spacial score (nSPS) is 10.4. The van der Waals surface area contributed by atoms with Crippen molar-refractivity contribution >= 4 is 28.8 Å². The highest BCUT2D eigenvalue weighted by molar-refractivity contribution is 7.12. The van der Waals surface area contributed by atoms with Crippen LogP contribution in [0.4, 0.5) is 5.69 Å². The zero-order valence-corrected chi connectivity index (χ0v) is 16.5. The lowest BCUT2D eigenvalue weighted by atomic mass is 10.1. The highest BCUT2D eigenvalue weighted by atomic mass is 32.1. The van der Waals surface area contributed by atoms with E-state index >= 15 is 0 Å². The Morgan fingerprint density at radius 3 is 2.71 bits per heavy atom. The van der Waals surface area contributed by atoms with Crippen molar-refractivity contribution in [3.05, 3.63) is 76.1 Å². The zero-order valence-electron chi connectivity index (χ0n) is 15.7. The summed E-state index contributed by atoms with van der Waals surface area (Å²) in [7, 11) is 1.67. The van der Waals surface area contributed by atoms with E-state index in [-0.39, 0.29) is 18.4 Å². The molecular formula is C21H21N3O3S. The molecule has 2 aromatic heterocycles. The van der Waals surface area contributed by atoms with Gasteiger partial charge in [-0.05, 0) is 36.6 Å². The first kappa shape index (κ1) is 19.6. The van der Waals surface area contributed by atoms with E-state index in [1.165, 1.54) is 16.2 Å². The topological polar surface area (TPSA) is 71.5 Å². The molecule has 2 heterocycles. The van der Waals surface area contributed by atoms with Gasteiger partial charge in [-0.25, -0.2) is 4.98 Å². The second-order valence-corrected chi connectivity index (χ2v) is 6.89. The quantitative estimate of drug-likeness (QED) is 0.661. The number of nitrogens with one attached hydrogen (secondary N) is 1. The average molecular weight is 395 g/mol. The summed E-state index contributed by atoms with van der Waals surface area (Å²) in [6, 6.07) is 14.3. The first-order valence-corrected chi connectivity index (χ1v) is 9.75. The highest BCUT2D eigenvalue weighted by Gasteiger charge is 2.20. The Kier molecular flexibility index (Phi) is 6.39. The van der Waals surface area contributed by atoms with E-state index in [2.05, 4.69) is 10.3 Å². The van der Waals surface area contributed by atoms with Crippen LogP contribution in [0.1, 0.15) is 32.5 Å². The summed E-state index contributed by atoms with van der Waals surface area (Å²) in [5.41, 5.74) is 1.77. The molecule has 2 amide bonds. The van der Waals surface area contributed by atoms with Crippen LogP contribution in [0.5, 0.6) is 5.88 Å². The van der Waals surface area contributed by atoms with E-state index in [1.807, 2.05) is 24.4 Å². The molecule has 0 saturated carbocycles. The van der Waals surface area contributed by atoms with Gasteiger partial charge in [-0.2, -0.15) is 0 Å². The molecule has 6 nitrogen and oxygen atoms in total. The molecule has 0 aliphatic rings. The minimum absolute atomic E-state index is 0.152. The number of para-hydroxylation sites is 1. The van der Waals surface area contributed by atoms with Crippen molar-refractivity contribution in [3.8, 4) is 5.88 Å². The number of thiophene rings is 1. The number of aromatic nitrogens is 1. The van der Waals surface area contributed by atoms with Crippen LogP contribution in [-0.4, -0.2) is 30.5 Å². The zero-order chi connectivity index (χ0) is 19.9. The molecule has 7 heteroatoms. The molecule has 0 fully saturated rings. The molecular weight excluding hydrogens is 374 g/mol. The number of rotatable bonds is 7. The smallest absolute Gasteiger partial charge is 0.268 e. The number of anilines is 1. The number of nitrogens with zero attached hydrogens (tertiary/aromatic N) is 2. The van der Waals surface area contributed by atoms with Gasteiger partial charge in [-0.15, -0.1) is 11.3 Å². The largest absolute Gasteiger partial charge is 0.478 e. The molecule has 0 radical (unpaired) electrons. The molecule has 0 bridgehead atoms. The summed E-state index contributed by atoms with van der Waals surface area (Å²) >= 11 is 1.37. The van der Waals surface area contributed by atoms with Crippen LogP contribution >= 0.6 is 11.3 Å². The van der Waals surface area contributed by atoms with Crippen LogP contribution in [0.2, 0.25) is 0 Å². The Bertz CT molecular complexity index is 957. The van der Waals surface area contributed by atoms with Crippen molar-refractivity contribution in [2.45, 2.75) is 13.5 Å². The van der Waals surface area contributed by atoms with E-state index < -0.39 is 0 Å². The van der Waals surface area contributed by atoms with Crippen LogP contribution in [0.15, 0.2) is 60.1 Å². The molecule has 0 atom stereocenters. The van der Waals surface area contributed by atoms with Gasteiger partial charge >= 0.3 is 0 Å². The SMILES string of the molecule is CCOc1ncccc1CNC(=O)c1ccccc1N(C)C(=O)c1cccs1. The summed E-state index contributed by atoms with van der Waals surface area (Å²) < 4.78 is 5.50. The van der Waals surface area contributed by atoms with E-state index in [0.29, 0.717) is 28.6 Å². The average Bonchev–Trinajstić information content (AvgIpc) is 3.27. The minimum atomic E-state index is -0.271. The Hall–Kier alpha value is -3.19. The van der Waals surface area contributed by atoms with Gasteiger partial charge in [0.25, 0.3) is 11.8 Å². The molecule has 1 aromatic carbocycles. The Balaban J connectivity index is 1.77. The Morgan fingerprint density at radius 2 is 1.96 bits per heavy atom. The predicted molar refractivity (Wildman–Crippen MR) is 110 cm³/mol. The lowest BCUT2D eigenvalue weighted by molar-refractivity contribution is 0.0951. The molecule has 144 valence electrons. The van der Waals surface area contributed by atoms with Crippen molar-refractivity contribution in [3.63, 3.8) is 0 Å². The molecule has 28 heavy (non-hydrogen) atoms. The van der Waals surface area contributed by atoms with Crippen LogP contribution in [0, 0.1) is 0 Å². The van der Waals surface area contributed by atoms with Crippen molar-refractivity contribution in [1.29, 1.82) is 0 Å². The monoisotopic (exact) mass is 395 g/mol. The number of carbonyl (C=O) groups is 2. The molecule has 0 saturated heterocycles. The van der Waals surface area contributed by atoms with Crippen LogP contribution in [0.3, 0.4) is 0 Å². The maximum absolute atomic E-state index is 12.8. The van der Waals surface area contributed by atoms with Gasteiger partial charge in [-0.3, -0.25) is 9.59 Å². The molecule has 0 aliphatic heterocycles. The number of hydrogen-bond donors (Lipinski definition) is 1. The number of ether oxygens (including phenoxy) is 1. The first-order valence-electron chi connectivity index (χ1n) is 8.87. The third-order valence-electron chi connectivity index (χ3n) is 4.12. The van der Waals surface area contributed by atoms with Crippen LogP contribution in [0.25, 0.3) is 0 Å². The van der Waals surface area contributed by atoms with Crippen molar-refractivity contribution in [1.82, 2.24) is 10.3 Å². The summed E-state index contributed by atoms with van der Waals surface area (Å²) in [6.07, 6.45) is 1.65. The van der Waals surface area contributed by atoms with Gasteiger partial charge in [-0.1, -0.05) is 24.3 Å². The molecule has 0 spiro atoms. The maximum Gasteiger partial charge on any atom is 0.268 e. The fraction of sp³-hybridized carbons (Fsp3) is 0.190. The number of hydrogen-bond acceptors (Lipinski definition) is 5. The van der Waals surface area contributed by atoms with Crippen LogP contribution in [-0.2, 0) is 6.54 Å². The number of pyridine rings is 1. The van der Waals surface area contributed by atoms with E-state index in [9.17, 15) is 9.59 Å². The minimum Gasteiger partial charge on any atom is -0.478 e. The lowest BCUT2D eigenvalue weighted by Crippen LogP contribution is -2.30. The third kappa shape index (κ3) is 4.37. The van der Waals surface area contributed by atoms with Gasteiger partial charge in [0.05, 0.1) is 22.7 Å². The third-order valence-corrected chi connectivity index (χ3v) is 4.97. The molecule has 3 aromatic rings. The molecule has 0 unspecified atom stereocenters. The number of benzene rings is 1. The molecule has 3 rings (SSSR count). The second kappa shape index (κ2) is 9.14. The fourth-order valence-corrected chi connectivity index (χ4v) is 3.43. The maximum atomic E-state index is 12.8. The number of carbonyl (C=O) groups excluding carboxylic acids is 2. The predicted octanol–water partition coefficient (Wildman–Crippen LogP) is 3.75. The van der Waals surface area contributed by atoms with Crippen molar-refractivity contribution in [2.75, 3.05) is 18.6 Å². The van der Waals surface area contributed by atoms with Gasteiger partial charge in [0.1, 0.15) is 0 Å². The molecule has 1 N–H and O–H groups in total.